The van der Waals surface area contributed by atoms with Crippen molar-refractivity contribution in [2.24, 2.45) is 5.10 Å². The Bertz CT molecular complexity index is 1190. The molecule has 2 aromatic carbocycles. The van der Waals surface area contributed by atoms with E-state index < -0.39 is 0 Å². The normalized spacial score (nSPS) is 13.1. The highest BCUT2D eigenvalue weighted by molar-refractivity contribution is 5.89. The van der Waals surface area contributed by atoms with Crippen LogP contribution >= 0.6 is 0 Å². The minimum atomic E-state index is -0.244. The number of rotatable bonds is 3. The van der Waals surface area contributed by atoms with Crippen LogP contribution in [0, 0.1) is 0 Å². The molecule has 0 aliphatic carbocycles. The molecule has 0 saturated heterocycles. The molecular weight excluding hydrogens is 334 g/mol. The molecule has 0 fully saturated rings. The van der Waals surface area contributed by atoms with Crippen molar-refractivity contribution in [2.75, 3.05) is 12.2 Å². The summed E-state index contributed by atoms with van der Waals surface area (Å²) in [6.45, 7) is 0.186. The molecule has 5 rings (SSSR count). The van der Waals surface area contributed by atoms with Gasteiger partial charge in [0.25, 0.3) is 5.56 Å². The number of hydrogen-bond donors (Lipinski definition) is 3. The lowest BCUT2D eigenvalue weighted by atomic mass is 10.1. The first kappa shape index (κ1) is 14.5. The molecule has 128 valence electrons. The highest BCUT2D eigenvalue weighted by Crippen LogP contribution is 2.35. The number of pyridine rings is 1. The number of nitrogens with one attached hydrogen (secondary N) is 3. The van der Waals surface area contributed by atoms with E-state index in [0.717, 1.165) is 16.4 Å². The van der Waals surface area contributed by atoms with E-state index in [1.807, 2.05) is 30.3 Å². The van der Waals surface area contributed by atoms with Crippen molar-refractivity contribution in [3.05, 3.63) is 58.4 Å². The summed E-state index contributed by atoms with van der Waals surface area (Å²) < 4.78 is 10.7. The van der Waals surface area contributed by atoms with E-state index in [9.17, 15) is 4.79 Å². The predicted octanol–water partition coefficient (Wildman–Crippen LogP) is 2.58. The Balaban J connectivity index is 1.44. The van der Waals surface area contributed by atoms with Crippen molar-refractivity contribution >= 4 is 34.1 Å². The Morgan fingerprint density at radius 1 is 1.08 bits per heavy atom. The molecule has 26 heavy (non-hydrogen) atoms. The van der Waals surface area contributed by atoms with Crippen LogP contribution in [0.4, 0.5) is 5.95 Å². The zero-order valence-corrected chi connectivity index (χ0v) is 13.4. The Labute approximate surface area is 146 Å². The first-order chi connectivity index (χ1) is 12.8. The van der Waals surface area contributed by atoms with Crippen LogP contribution in [0.1, 0.15) is 5.56 Å². The van der Waals surface area contributed by atoms with Crippen molar-refractivity contribution in [3.63, 3.8) is 0 Å². The molecule has 3 N–H and O–H groups in total. The SMILES string of the molecule is O=c1[nH]c2cc3c(cc2cc1/C=N/Nc1nc2ccccc2[nH]1)OCO3. The topological polar surface area (TPSA) is 104 Å². The van der Waals surface area contributed by atoms with Crippen molar-refractivity contribution < 1.29 is 9.47 Å². The summed E-state index contributed by atoms with van der Waals surface area (Å²) in [6.07, 6.45) is 1.45. The summed E-state index contributed by atoms with van der Waals surface area (Å²) in [5, 5.41) is 4.93. The van der Waals surface area contributed by atoms with E-state index >= 15 is 0 Å². The molecule has 0 unspecified atom stereocenters. The second-order valence-corrected chi connectivity index (χ2v) is 5.82. The summed E-state index contributed by atoms with van der Waals surface area (Å²) in [6, 6.07) is 13.0. The number of benzene rings is 2. The molecule has 2 aromatic heterocycles. The van der Waals surface area contributed by atoms with Gasteiger partial charge in [-0.15, -0.1) is 0 Å². The third-order valence-electron chi connectivity index (χ3n) is 4.13. The first-order valence-electron chi connectivity index (χ1n) is 7.97. The third kappa shape index (κ3) is 2.44. The molecule has 0 bridgehead atoms. The quantitative estimate of drug-likeness (QED) is 0.390. The van der Waals surface area contributed by atoms with Crippen LogP contribution in [0.15, 0.2) is 52.4 Å². The number of H-pyrrole nitrogens is 2. The fourth-order valence-electron chi connectivity index (χ4n) is 2.88. The molecule has 4 aromatic rings. The second-order valence-electron chi connectivity index (χ2n) is 5.82. The Kier molecular flexibility index (Phi) is 3.14. The van der Waals surface area contributed by atoms with E-state index in [0.29, 0.717) is 28.5 Å². The number of nitrogens with zero attached hydrogens (tertiary/aromatic N) is 2. The second kappa shape index (κ2) is 5.62. The molecular formula is C18H13N5O3. The van der Waals surface area contributed by atoms with E-state index in [1.54, 1.807) is 12.1 Å². The number of imidazole rings is 1. The van der Waals surface area contributed by atoms with Gasteiger partial charge in [-0.2, -0.15) is 5.10 Å². The van der Waals surface area contributed by atoms with Crippen LogP contribution in [-0.4, -0.2) is 28.0 Å². The van der Waals surface area contributed by atoms with E-state index in [1.165, 1.54) is 6.21 Å². The summed E-state index contributed by atoms with van der Waals surface area (Å²) in [5.41, 5.74) is 5.40. The summed E-state index contributed by atoms with van der Waals surface area (Å²) in [4.78, 5) is 22.5. The number of para-hydroxylation sites is 2. The molecule has 1 aliphatic heterocycles. The first-order valence-corrected chi connectivity index (χ1v) is 7.97. The fraction of sp³-hybridized carbons (Fsp3) is 0.0556. The highest BCUT2D eigenvalue weighted by Gasteiger charge is 2.15. The van der Waals surface area contributed by atoms with Crippen molar-refractivity contribution in [2.45, 2.75) is 0 Å². The van der Waals surface area contributed by atoms with E-state index in [4.69, 9.17) is 9.47 Å². The standard InChI is InChI=1S/C18H13N5O3/c24-17-11(5-10-6-15-16(26-9-25-15)7-14(10)20-17)8-19-23-18-21-12-3-1-2-4-13(12)22-18/h1-8H,9H2,(H,20,24)(H2,21,22,23)/b19-8+. The van der Waals surface area contributed by atoms with Gasteiger partial charge in [0, 0.05) is 11.5 Å². The molecule has 0 amide bonds. The molecule has 0 saturated carbocycles. The van der Waals surface area contributed by atoms with Crippen LogP contribution in [0.2, 0.25) is 0 Å². The van der Waals surface area contributed by atoms with E-state index in [2.05, 4.69) is 25.5 Å². The molecule has 8 heteroatoms. The van der Waals surface area contributed by atoms with Gasteiger partial charge in [0.2, 0.25) is 12.7 Å². The number of aromatic amines is 2. The maximum atomic E-state index is 12.2. The average molecular weight is 347 g/mol. The summed E-state index contributed by atoms with van der Waals surface area (Å²) in [7, 11) is 0. The highest BCUT2D eigenvalue weighted by atomic mass is 16.7. The summed E-state index contributed by atoms with van der Waals surface area (Å²) >= 11 is 0. The lowest BCUT2D eigenvalue weighted by molar-refractivity contribution is 0.174. The van der Waals surface area contributed by atoms with Gasteiger partial charge in [-0.25, -0.2) is 10.4 Å². The van der Waals surface area contributed by atoms with Gasteiger partial charge in [-0.1, -0.05) is 12.1 Å². The molecule has 3 heterocycles. The van der Waals surface area contributed by atoms with Crippen LogP contribution < -0.4 is 20.5 Å². The number of hydrogen-bond acceptors (Lipinski definition) is 6. The third-order valence-corrected chi connectivity index (χ3v) is 4.13. The summed E-state index contributed by atoms with van der Waals surface area (Å²) in [5.74, 6) is 1.79. The van der Waals surface area contributed by atoms with Gasteiger partial charge in [-0.05, 0) is 24.3 Å². The number of aromatic nitrogens is 3. The van der Waals surface area contributed by atoms with Gasteiger partial charge in [0.15, 0.2) is 11.5 Å². The number of fused-ring (bicyclic) bond motifs is 3. The van der Waals surface area contributed by atoms with Crippen LogP contribution in [0.5, 0.6) is 11.5 Å². The smallest absolute Gasteiger partial charge is 0.257 e. The maximum absolute atomic E-state index is 12.2. The van der Waals surface area contributed by atoms with Gasteiger partial charge in [-0.3, -0.25) is 4.79 Å². The number of anilines is 1. The number of hydrazone groups is 1. The zero-order chi connectivity index (χ0) is 17.5. The van der Waals surface area contributed by atoms with Gasteiger partial charge in [0.05, 0.1) is 28.3 Å². The lowest BCUT2D eigenvalue weighted by Crippen LogP contribution is -2.12. The van der Waals surface area contributed by atoms with Crippen LogP contribution in [-0.2, 0) is 0 Å². The molecule has 0 atom stereocenters. The Hall–Kier alpha value is -3.81. The van der Waals surface area contributed by atoms with Crippen molar-refractivity contribution in [1.29, 1.82) is 0 Å². The minimum absolute atomic E-state index is 0.186. The monoisotopic (exact) mass is 347 g/mol. The van der Waals surface area contributed by atoms with Gasteiger partial charge < -0.3 is 19.4 Å². The minimum Gasteiger partial charge on any atom is -0.454 e. The maximum Gasteiger partial charge on any atom is 0.257 e. The Morgan fingerprint density at radius 3 is 2.81 bits per heavy atom. The zero-order valence-electron chi connectivity index (χ0n) is 13.4. The van der Waals surface area contributed by atoms with E-state index in [-0.39, 0.29) is 12.4 Å². The van der Waals surface area contributed by atoms with Crippen molar-refractivity contribution in [3.8, 4) is 11.5 Å². The van der Waals surface area contributed by atoms with Crippen LogP contribution in [0.3, 0.4) is 0 Å². The Morgan fingerprint density at radius 2 is 1.92 bits per heavy atom. The predicted molar refractivity (Wildman–Crippen MR) is 98.0 cm³/mol. The molecule has 0 spiro atoms. The number of ether oxygens (including phenoxy) is 2. The lowest BCUT2D eigenvalue weighted by Gasteiger charge is -2.02. The van der Waals surface area contributed by atoms with Gasteiger partial charge >= 0.3 is 0 Å². The largest absolute Gasteiger partial charge is 0.454 e. The molecule has 8 nitrogen and oxygen atoms in total. The molecule has 1 aliphatic rings. The van der Waals surface area contributed by atoms with Crippen molar-refractivity contribution in [1.82, 2.24) is 15.0 Å². The van der Waals surface area contributed by atoms with Crippen LogP contribution in [0.25, 0.3) is 21.9 Å². The fourth-order valence-corrected chi connectivity index (χ4v) is 2.88. The molecule has 0 radical (unpaired) electrons. The average Bonchev–Trinajstić information content (AvgIpc) is 3.26. The van der Waals surface area contributed by atoms with Gasteiger partial charge in [0.1, 0.15) is 0 Å².